The van der Waals surface area contributed by atoms with Crippen LogP contribution in [-0.4, -0.2) is 36.1 Å². The number of nitrogens with one attached hydrogen (secondary N) is 1. The highest BCUT2D eigenvalue weighted by atomic mass is 16.5. The van der Waals surface area contributed by atoms with E-state index in [1.54, 1.807) is 48.5 Å². The number of carbonyl (C=O) groups is 2. The molecule has 4 rings (SSSR count). The minimum Gasteiger partial charge on any atom is -0.466 e. The van der Waals surface area contributed by atoms with Crippen molar-refractivity contribution in [2.24, 2.45) is 5.73 Å². The van der Waals surface area contributed by atoms with Gasteiger partial charge in [0.05, 0.1) is 60.4 Å². The topological polar surface area (TPSA) is 134 Å². The van der Waals surface area contributed by atoms with E-state index in [-0.39, 0.29) is 22.7 Å². The van der Waals surface area contributed by atoms with Gasteiger partial charge in [-0.3, -0.25) is 4.90 Å². The number of carbonyl (C=O) groups excluding carboxylic acids is 2. The molecule has 2 aromatic carbocycles. The number of aromatic amines is 1. The van der Waals surface area contributed by atoms with Gasteiger partial charge in [-0.1, -0.05) is 30.3 Å². The second kappa shape index (κ2) is 8.28. The Labute approximate surface area is 183 Å². The molecule has 1 aromatic heterocycles. The first-order valence-corrected chi connectivity index (χ1v) is 9.60. The Morgan fingerprint density at radius 2 is 1.84 bits per heavy atom. The summed E-state index contributed by atoms with van der Waals surface area (Å²) in [5, 5.41) is 10.0. The fourth-order valence-corrected chi connectivity index (χ4v) is 3.84. The third-order valence-corrected chi connectivity index (χ3v) is 5.27. The van der Waals surface area contributed by atoms with Crippen molar-refractivity contribution in [2.45, 2.75) is 5.92 Å². The summed E-state index contributed by atoms with van der Waals surface area (Å²) in [6, 6.07) is 16.1. The predicted octanol–water partition coefficient (Wildman–Crippen LogP) is 2.46. The Morgan fingerprint density at radius 1 is 1.12 bits per heavy atom. The molecule has 32 heavy (non-hydrogen) atoms. The molecule has 0 saturated heterocycles. The number of ether oxygens (including phenoxy) is 2. The molecule has 9 heteroatoms. The zero-order valence-corrected chi connectivity index (χ0v) is 17.3. The van der Waals surface area contributed by atoms with Crippen LogP contribution in [0.2, 0.25) is 0 Å². The van der Waals surface area contributed by atoms with Gasteiger partial charge in [0.1, 0.15) is 11.5 Å². The number of benzene rings is 2. The first-order chi connectivity index (χ1) is 15.5. The highest BCUT2D eigenvalue weighted by molar-refractivity contribution is 6.06. The number of methoxy groups -OCH3 is 2. The molecule has 9 nitrogen and oxygen atoms in total. The van der Waals surface area contributed by atoms with Crippen LogP contribution in [0.1, 0.15) is 11.5 Å². The van der Waals surface area contributed by atoms with Gasteiger partial charge in [-0.15, -0.1) is 0 Å². The molecule has 0 fully saturated rings. The number of nitrogens with zero attached hydrogens (tertiary/aromatic N) is 3. The third kappa shape index (κ3) is 3.24. The van der Waals surface area contributed by atoms with Crippen LogP contribution >= 0.6 is 0 Å². The molecule has 1 aliphatic rings. The van der Waals surface area contributed by atoms with Crippen molar-refractivity contribution in [3.05, 3.63) is 83.1 Å². The van der Waals surface area contributed by atoms with Gasteiger partial charge in [0, 0.05) is 0 Å². The number of rotatable bonds is 4. The average Bonchev–Trinajstić information content (AvgIpc) is 3.30. The molecule has 3 N–H and O–H groups in total. The number of nitriles is 1. The number of anilines is 1. The molecule has 1 aliphatic heterocycles. The van der Waals surface area contributed by atoms with E-state index in [1.165, 1.54) is 25.4 Å². The normalized spacial score (nSPS) is 16.2. The van der Waals surface area contributed by atoms with Crippen LogP contribution in [-0.2, 0) is 19.1 Å². The zero-order chi connectivity index (χ0) is 22.8. The van der Waals surface area contributed by atoms with Crippen molar-refractivity contribution >= 4 is 28.7 Å². The van der Waals surface area contributed by atoms with Crippen LogP contribution in [0.4, 0.5) is 5.69 Å². The summed E-state index contributed by atoms with van der Waals surface area (Å²) >= 11 is 0. The summed E-state index contributed by atoms with van der Waals surface area (Å²) in [5.74, 6) is -2.47. The van der Waals surface area contributed by atoms with Crippen LogP contribution in [0.25, 0.3) is 11.0 Å². The van der Waals surface area contributed by atoms with E-state index in [9.17, 15) is 14.9 Å². The van der Waals surface area contributed by atoms with E-state index in [4.69, 9.17) is 15.2 Å². The second-order valence-corrected chi connectivity index (χ2v) is 6.94. The lowest BCUT2D eigenvalue weighted by Crippen LogP contribution is -2.40. The van der Waals surface area contributed by atoms with Gasteiger partial charge in [0.15, 0.2) is 0 Å². The minimum absolute atomic E-state index is 0.00766. The third-order valence-electron chi connectivity index (χ3n) is 5.27. The molecule has 1 unspecified atom stereocenters. The molecule has 0 bridgehead atoms. The van der Waals surface area contributed by atoms with Crippen molar-refractivity contribution in [1.29, 1.82) is 5.26 Å². The first kappa shape index (κ1) is 20.7. The number of nitrogens with two attached hydrogens (primary N) is 1. The van der Waals surface area contributed by atoms with Gasteiger partial charge >= 0.3 is 11.9 Å². The van der Waals surface area contributed by atoms with E-state index in [2.05, 4.69) is 16.0 Å². The summed E-state index contributed by atoms with van der Waals surface area (Å²) in [7, 11) is 2.42. The van der Waals surface area contributed by atoms with Gasteiger partial charge in [-0.05, 0) is 23.8 Å². The van der Waals surface area contributed by atoms with Crippen molar-refractivity contribution in [3.63, 3.8) is 0 Å². The highest BCUT2D eigenvalue weighted by Crippen LogP contribution is 2.43. The number of allylic oxidation sites excluding steroid dienone is 1. The van der Waals surface area contributed by atoms with E-state index >= 15 is 0 Å². The summed E-state index contributed by atoms with van der Waals surface area (Å²) < 4.78 is 10.0. The summed E-state index contributed by atoms with van der Waals surface area (Å²) in [4.78, 5) is 34.5. The predicted molar refractivity (Wildman–Crippen MR) is 116 cm³/mol. The van der Waals surface area contributed by atoms with Crippen molar-refractivity contribution in [3.8, 4) is 6.07 Å². The Morgan fingerprint density at radius 3 is 2.50 bits per heavy atom. The number of fused-ring (bicyclic) bond motifs is 1. The van der Waals surface area contributed by atoms with Crippen molar-refractivity contribution in [2.75, 3.05) is 19.1 Å². The van der Waals surface area contributed by atoms with Crippen molar-refractivity contribution in [1.82, 2.24) is 9.97 Å². The molecule has 0 radical (unpaired) electrons. The molecule has 0 saturated carbocycles. The number of hydrogen-bond donors (Lipinski definition) is 2. The lowest BCUT2D eigenvalue weighted by Gasteiger charge is -2.35. The van der Waals surface area contributed by atoms with E-state index in [0.29, 0.717) is 22.3 Å². The Balaban J connectivity index is 2.06. The molecular formula is C23H19N5O4. The second-order valence-electron chi connectivity index (χ2n) is 6.94. The van der Waals surface area contributed by atoms with E-state index in [1.807, 2.05) is 0 Å². The molecule has 0 amide bonds. The zero-order valence-electron chi connectivity index (χ0n) is 17.3. The van der Waals surface area contributed by atoms with Crippen LogP contribution < -0.4 is 10.6 Å². The number of aromatic nitrogens is 2. The number of hydrogen-bond acceptors (Lipinski definition) is 8. The number of H-pyrrole nitrogens is 1. The van der Waals surface area contributed by atoms with Gasteiger partial charge in [-0.25, -0.2) is 14.6 Å². The van der Waals surface area contributed by atoms with Gasteiger partial charge in [0.25, 0.3) is 0 Å². The molecular weight excluding hydrogens is 410 g/mol. The van der Waals surface area contributed by atoms with Crippen LogP contribution in [0.15, 0.2) is 77.5 Å². The molecule has 0 aliphatic carbocycles. The van der Waals surface area contributed by atoms with Crippen LogP contribution in [0, 0.1) is 11.3 Å². The number of esters is 2. The maximum Gasteiger partial charge on any atom is 0.355 e. The molecule has 2 heterocycles. The average molecular weight is 429 g/mol. The fourth-order valence-electron chi connectivity index (χ4n) is 3.84. The maximum absolute atomic E-state index is 13.0. The van der Waals surface area contributed by atoms with E-state index < -0.39 is 17.9 Å². The quantitative estimate of drug-likeness (QED) is 0.604. The molecule has 160 valence electrons. The lowest BCUT2D eigenvalue weighted by molar-refractivity contribution is -0.139. The summed E-state index contributed by atoms with van der Waals surface area (Å²) in [6.45, 7) is 0. The standard InChI is InChI=1S/C23H19N5O4/c1-31-22(29)19-18(13-6-4-3-5-7-13)15(11-24)21(25)28(20(19)23(30)32-2)14-8-9-16-17(10-14)27-12-26-16/h3-10,12,18H,25H2,1-2H3,(H,26,27). The van der Waals surface area contributed by atoms with Gasteiger partial charge in [0.2, 0.25) is 0 Å². The SMILES string of the molecule is COC(=O)C1=C(C(=O)OC)N(c2ccc3nc[nH]c3c2)C(N)=C(C#N)C1c1ccccc1. The van der Waals surface area contributed by atoms with Crippen LogP contribution in [0.3, 0.4) is 0 Å². The monoisotopic (exact) mass is 429 g/mol. The maximum atomic E-state index is 13.0. The van der Waals surface area contributed by atoms with E-state index in [0.717, 1.165) is 0 Å². The minimum atomic E-state index is -0.908. The Hall–Kier alpha value is -4.58. The molecule has 1 atom stereocenters. The molecule has 0 spiro atoms. The summed E-state index contributed by atoms with van der Waals surface area (Å²) in [5.41, 5.74) is 8.84. The smallest absolute Gasteiger partial charge is 0.355 e. The van der Waals surface area contributed by atoms with Gasteiger partial charge < -0.3 is 20.2 Å². The van der Waals surface area contributed by atoms with Crippen molar-refractivity contribution < 1.29 is 19.1 Å². The first-order valence-electron chi connectivity index (χ1n) is 9.60. The largest absolute Gasteiger partial charge is 0.466 e. The lowest BCUT2D eigenvalue weighted by atomic mass is 9.81. The Kier molecular flexibility index (Phi) is 5.35. The fraction of sp³-hybridized carbons (Fsp3) is 0.130. The number of imidazole rings is 1. The summed E-state index contributed by atoms with van der Waals surface area (Å²) in [6.07, 6.45) is 1.53. The Bertz CT molecular complexity index is 1320. The van der Waals surface area contributed by atoms with Gasteiger partial charge in [-0.2, -0.15) is 5.26 Å². The highest BCUT2D eigenvalue weighted by Gasteiger charge is 2.43. The molecule has 3 aromatic rings. The van der Waals surface area contributed by atoms with Crippen LogP contribution in [0.5, 0.6) is 0 Å².